The molecule has 0 saturated heterocycles. The van der Waals surface area contributed by atoms with Crippen LogP contribution in [0.5, 0.6) is 5.75 Å². The number of thioether (sulfide) groups is 1. The summed E-state index contributed by atoms with van der Waals surface area (Å²) < 4.78 is 10.0. The van der Waals surface area contributed by atoms with Crippen LogP contribution in [0.15, 0.2) is 29.2 Å². The Morgan fingerprint density at radius 3 is 2.94 bits per heavy atom. The number of rotatable bonds is 8. The van der Waals surface area contributed by atoms with E-state index >= 15 is 0 Å². The molecule has 1 aromatic carbocycles. The zero-order valence-corrected chi connectivity index (χ0v) is 11.6. The molecular weight excluding hydrogens is 250 g/mol. The van der Waals surface area contributed by atoms with Gasteiger partial charge in [-0.2, -0.15) is 0 Å². The minimum absolute atomic E-state index is 0.0407. The van der Waals surface area contributed by atoms with Crippen molar-refractivity contribution in [2.24, 2.45) is 0 Å². The standard InChI is InChI=1S/C13H19NO3S/c1-16-8-4-7-14-13(15)10-18-12-6-3-5-11(9-12)17-2/h3,5-6,9H,4,7-8,10H2,1-2H3,(H,14,15). The summed E-state index contributed by atoms with van der Waals surface area (Å²) in [6.45, 7) is 1.33. The summed E-state index contributed by atoms with van der Waals surface area (Å²) in [7, 11) is 3.28. The van der Waals surface area contributed by atoms with E-state index in [0.29, 0.717) is 18.9 Å². The highest BCUT2D eigenvalue weighted by atomic mass is 32.2. The largest absolute Gasteiger partial charge is 0.497 e. The maximum atomic E-state index is 11.5. The van der Waals surface area contributed by atoms with Gasteiger partial charge < -0.3 is 14.8 Å². The quantitative estimate of drug-likeness (QED) is 0.579. The molecule has 1 N–H and O–H groups in total. The molecule has 0 aliphatic carbocycles. The van der Waals surface area contributed by atoms with Gasteiger partial charge in [0.25, 0.3) is 0 Å². The number of nitrogens with one attached hydrogen (secondary N) is 1. The maximum Gasteiger partial charge on any atom is 0.230 e. The molecule has 1 aromatic rings. The number of hydrogen-bond donors (Lipinski definition) is 1. The Labute approximate surface area is 112 Å². The van der Waals surface area contributed by atoms with Crippen LogP contribution in [0.3, 0.4) is 0 Å². The number of hydrogen-bond acceptors (Lipinski definition) is 4. The summed E-state index contributed by atoms with van der Waals surface area (Å²) in [4.78, 5) is 12.6. The first kappa shape index (κ1) is 14.9. The monoisotopic (exact) mass is 269 g/mol. The van der Waals surface area contributed by atoms with E-state index in [4.69, 9.17) is 9.47 Å². The molecule has 1 amide bonds. The Morgan fingerprint density at radius 2 is 2.22 bits per heavy atom. The molecule has 0 radical (unpaired) electrons. The number of amides is 1. The SMILES string of the molecule is COCCCNC(=O)CSc1cccc(OC)c1. The molecule has 0 spiro atoms. The van der Waals surface area contributed by atoms with Crippen molar-refractivity contribution in [3.63, 3.8) is 0 Å². The molecule has 0 bridgehead atoms. The Hall–Kier alpha value is -1.20. The minimum atomic E-state index is 0.0407. The van der Waals surface area contributed by atoms with Crippen molar-refractivity contribution < 1.29 is 14.3 Å². The molecule has 100 valence electrons. The van der Waals surface area contributed by atoms with E-state index < -0.39 is 0 Å². The second kappa shape index (κ2) is 8.83. The zero-order valence-electron chi connectivity index (χ0n) is 10.8. The van der Waals surface area contributed by atoms with Crippen molar-refractivity contribution in [3.05, 3.63) is 24.3 Å². The van der Waals surface area contributed by atoms with Gasteiger partial charge in [0.1, 0.15) is 5.75 Å². The predicted molar refractivity (Wildman–Crippen MR) is 73.2 cm³/mol. The molecule has 0 heterocycles. The smallest absolute Gasteiger partial charge is 0.230 e. The van der Waals surface area contributed by atoms with Gasteiger partial charge in [-0.1, -0.05) is 6.07 Å². The first-order chi connectivity index (χ1) is 8.76. The Bertz CT molecular complexity index is 371. The van der Waals surface area contributed by atoms with Crippen LogP contribution in [-0.4, -0.2) is 39.0 Å². The van der Waals surface area contributed by atoms with Gasteiger partial charge in [0.15, 0.2) is 0 Å². The molecule has 0 unspecified atom stereocenters. The predicted octanol–water partition coefficient (Wildman–Crippen LogP) is 1.94. The Kier molecular flexibility index (Phi) is 7.29. The van der Waals surface area contributed by atoms with Gasteiger partial charge in [-0.25, -0.2) is 0 Å². The fraction of sp³-hybridized carbons (Fsp3) is 0.462. The first-order valence-electron chi connectivity index (χ1n) is 5.78. The third-order valence-corrected chi connectivity index (χ3v) is 3.25. The summed E-state index contributed by atoms with van der Waals surface area (Å²) in [6, 6.07) is 7.68. The highest BCUT2D eigenvalue weighted by Crippen LogP contribution is 2.22. The van der Waals surface area contributed by atoms with Gasteiger partial charge in [0, 0.05) is 25.2 Å². The fourth-order valence-electron chi connectivity index (χ4n) is 1.34. The van der Waals surface area contributed by atoms with Crippen molar-refractivity contribution in [1.82, 2.24) is 5.32 Å². The van der Waals surface area contributed by atoms with Gasteiger partial charge in [-0.05, 0) is 24.6 Å². The van der Waals surface area contributed by atoms with E-state index in [-0.39, 0.29) is 5.91 Å². The first-order valence-corrected chi connectivity index (χ1v) is 6.77. The molecule has 0 aromatic heterocycles. The molecule has 0 saturated carbocycles. The number of ether oxygens (including phenoxy) is 2. The Balaban J connectivity index is 2.24. The summed E-state index contributed by atoms with van der Waals surface area (Å²) in [5.41, 5.74) is 0. The van der Waals surface area contributed by atoms with Gasteiger partial charge in [-0.3, -0.25) is 4.79 Å². The van der Waals surface area contributed by atoms with Crippen LogP contribution in [0.1, 0.15) is 6.42 Å². The van der Waals surface area contributed by atoms with Gasteiger partial charge >= 0.3 is 0 Å². The molecule has 0 fully saturated rings. The van der Waals surface area contributed by atoms with Crippen molar-refractivity contribution in [1.29, 1.82) is 0 Å². The van der Waals surface area contributed by atoms with Crippen molar-refractivity contribution in [3.8, 4) is 5.75 Å². The number of carbonyl (C=O) groups excluding carboxylic acids is 1. The third kappa shape index (κ3) is 5.93. The van der Waals surface area contributed by atoms with Gasteiger partial charge in [-0.15, -0.1) is 11.8 Å². The molecule has 4 nitrogen and oxygen atoms in total. The Morgan fingerprint density at radius 1 is 1.39 bits per heavy atom. The fourth-order valence-corrected chi connectivity index (χ4v) is 2.11. The van der Waals surface area contributed by atoms with Crippen molar-refractivity contribution >= 4 is 17.7 Å². The highest BCUT2D eigenvalue weighted by molar-refractivity contribution is 8.00. The van der Waals surface area contributed by atoms with Crippen LogP contribution < -0.4 is 10.1 Å². The van der Waals surface area contributed by atoms with E-state index in [1.807, 2.05) is 24.3 Å². The van der Waals surface area contributed by atoms with Crippen LogP contribution in [0, 0.1) is 0 Å². The number of benzene rings is 1. The molecule has 18 heavy (non-hydrogen) atoms. The zero-order chi connectivity index (χ0) is 13.2. The van der Waals surface area contributed by atoms with Crippen LogP contribution in [0.2, 0.25) is 0 Å². The average Bonchev–Trinajstić information content (AvgIpc) is 2.41. The lowest BCUT2D eigenvalue weighted by Crippen LogP contribution is -2.26. The molecule has 1 rings (SSSR count). The normalized spacial score (nSPS) is 10.1. The molecule has 0 atom stereocenters. The number of carbonyl (C=O) groups is 1. The van der Waals surface area contributed by atoms with Crippen LogP contribution >= 0.6 is 11.8 Å². The second-order valence-electron chi connectivity index (χ2n) is 3.66. The number of methoxy groups -OCH3 is 2. The van der Waals surface area contributed by atoms with Gasteiger partial charge in [0.05, 0.1) is 12.9 Å². The molecule has 5 heteroatoms. The lowest BCUT2D eigenvalue weighted by molar-refractivity contribution is -0.118. The molecule has 0 aliphatic rings. The lowest BCUT2D eigenvalue weighted by Gasteiger charge is -2.06. The third-order valence-electron chi connectivity index (χ3n) is 2.26. The molecule has 0 aliphatic heterocycles. The van der Waals surface area contributed by atoms with Crippen molar-refractivity contribution in [2.45, 2.75) is 11.3 Å². The highest BCUT2D eigenvalue weighted by Gasteiger charge is 2.03. The van der Waals surface area contributed by atoms with Gasteiger partial charge in [0.2, 0.25) is 5.91 Å². The summed E-state index contributed by atoms with van der Waals surface area (Å²) in [5.74, 6) is 1.26. The van der Waals surface area contributed by atoms with E-state index in [9.17, 15) is 4.79 Å². The average molecular weight is 269 g/mol. The van der Waals surface area contributed by atoms with E-state index in [1.165, 1.54) is 11.8 Å². The van der Waals surface area contributed by atoms with Crippen LogP contribution in [0.25, 0.3) is 0 Å². The molecular formula is C13H19NO3S. The van der Waals surface area contributed by atoms with Crippen LogP contribution in [-0.2, 0) is 9.53 Å². The van der Waals surface area contributed by atoms with Crippen LogP contribution in [0.4, 0.5) is 0 Å². The van der Waals surface area contributed by atoms with E-state index in [1.54, 1.807) is 14.2 Å². The lowest BCUT2D eigenvalue weighted by atomic mass is 10.3. The summed E-state index contributed by atoms with van der Waals surface area (Å²) in [6.07, 6.45) is 0.839. The summed E-state index contributed by atoms with van der Waals surface area (Å²) >= 11 is 1.50. The van der Waals surface area contributed by atoms with Crippen molar-refractivity contribution in [2.75, 3.05) is 33.1 Å². The second-order valence-corrected chi connectivity index (χ2v) is 4.71. The minimum Gasteiger partial charge on any atom is -0.497 e. The maximum absolute atomic E-state index is 11.5. The van der Waals surface area contributed by atoms with E-state index in [2.05, 4.69) is 5.32 Å². The summed E-state index contributed by atoms with van der Waals surface area (Å²) in [5, 5.41) is 2.85. The topological polar surface area (TPSA) is 47.6 Å². The van der Waals surface area contributed by atoms with E-state index in [0.717, 1.165) is 17.1 Å².